The van der Waals surface area contributed by atoms with Crippen molar-refractivity contribution in [3.05, 3.63) is 69.8 Å². The fraction of sp³-hybridized carbons (Fsp3) is 0.429. The van der Waals surface area contributed by atoms with Gasteiger partial charge in [-0.25, -0.2) is 0 Å². The minimum Gasteiger partial charge on any atom is -0.313 e. The fourth-order valence-corrected chi connectivity index (χ4v) is 3.97. The number of rotatable bonds is 3. The molecule has 1 aliphatic heterocycles. The Morgan fingerprint density at radius 1 is 0.559 bits per heavy atom. The van der Waals surface area contributed by atoms with Crippen LogP contribution in [0.15, 0.2) is 36.4 Å². The monoisotopic (exact) mass is 509 g/mol. The van der Waals surface area contributed by atoms with E-state index in [9.17, 15) is 52.7 Å². The van der Waals surface area contributed by atoms with Crippen molar-refractivity contribution in [1.29, 1.82) is 0 Å². The first kappa shape index (κ1) is 26.2. The molecule has 0 radical (unpaired) electrons. The van der Waals surface area contributed by atoms with Crippen LogP contribution >= 0.6 is 0 Å². The number of hydrogen-bond donors (Lipinski definition) is 1. The van der Waals surface area contributed by atoms with E-state index in [0.717, 1.165) is 0 Å². The highest BCUT2D eigenvalue weighted by Gasteiger charge is 2.41. The van der Waals surface area contributed by atoms with Gasteiger partial charge in [-0.15, -0.1) is 0 Å². The molecule has 0 aliphatic carbocycles. The van der Waals surface area contributed by atoms with Crippen LogP contribution in [0.1, 0.15) is 52.1 Å². The second-order valence-corrected chi connectivity index (χ2v) is 7.86. The third-order valence-electron chi connectivity index (χ3n) is 5.44. The Bertz CT molecular complexity index is 884. The molecule has 2 aromatic rings. The Hall–Kier alpha value is -2.44. The lowest BCUT2D eigenvalue weighted by Crippen LogP contribution is -2.30. The van der Waals surface area contributed by atoms with Crippen molar-refractivity contribution in [3.8, 4) is 0 Å². The largest absolute Gasteiger partial charge is 0.416 e. The second-order valence-electron chi connectivity index (χ2n) is 7.86. The van der Waals surface area contributed by atoms with E-state index in [-0.39, 0.29) is 25.1 Å². The van der Waals surface area contributed by atoms with E-state index in [4.69, 9.17) is 0 Å². The highest BCUT2D eigenvalue weighted by Crippen LogP contribution is 2.43. The molecular weight excluding hydrogens is 494 g/mol. The van der Waals surface area contributed by atoms with E-state index >= 15 is 0 Å². The number of halogens is 12. The van der Waals surface area contributed by atoms with Crippen molar-refractivity contribution in [2.24, 2.45) is 0 Å². The van der Waals surface area contributed by atoms with Gasteiger partial charge >= 0.3 is 24.7 Å². The lowest BCUT2D eigenvalue weighted by molar-refractivity contribution is -0.144. The molecule has 1 fully saturated rings. The summed E-state index contributed by atoms with van der Waals surface area (Å²) in [4.78, 5) is 0. The smallest absolute Gasteiger partial charge is 0.313 e. The van der Waals surface area contributed by atoms with Gasteiger partial charge in [-0.05, 0) is 66.9 Å². The van der Waals surface area contributed by atoms with Crippen LogP contribution in [0.5, 0.6) is 0 Å². The summed E-state index contributed by atoms with van der Waals surface area (Å²) in [5.74, 6) is -1.64. The van der Waals surface area contributed by atoms with Gasteiger partial charge < -0.3 is 5.32 Å². The van der Waals surface area contributed by atoms with Crippen LogP contribution in [0.25, 0.3) is 0 Å². The number of hydrogen-bond acceptors (Lipinski definition) is 1. The number of nitrogens with one attached hydrogen (secondary N) is 1. The average molecular weight is 509 g/mol. The molecule has 1 heterocycles. The number of benzene rings is 2. The van der Waals surface area contributed by atoms with Crippen LogP contribution in [0.3, 0.4) is 0 Å². The van der Waals surface area contributed by atoms with Crippen molar-refractivity contribution < 1.29 is 52.7 Å². The summed E-state index contributed by atoms with van der Waals surface area (Å²) in [7, 11) is 0. The molecule has 188 valence electrons. The Labute approximate surface area is 184 Å². The van der Waals surface area contributed by atoms with Crippen molar-refractivity contribution in [2.75, 3.05) is 6.54 Å². The normalized spacial score (nSPS) is 18.1. The lowest BCUT2D eigenvalue weighted by Gasteiger charge is -2.28. The van der Waals surface area contributed by atoms with Gasteiger partial charge in [-0.2, -0.15) is 52.7 Å². The fourth-order valence-electron chi connectivity index (χ4n) is 3.97. The topological polar surface area (TPSA) is 12.0 Å². The summed E-state index contributed by atoms with van der Waals surface area (Å²) >= 11 is 0. The molecule has 1 nitrogen and oxygen atoms in total. The molecule has 2 aromatic carbocycles. The molecule has 13 heteroatoms. The first-order chi connectivity index (χ1) is 15.4. The van der Waals surface area contributed by atoms with Crippen LogP contribution in [0.2, 0.25) is 0 Å². The Kier molecular flexibility index (Phi) is 6.66. The first-order valence-electron chi connectivity index (χ1n) is 9.69. The Morgan fingerprint density at radius 2 is 0.882 bits per heavy atom. The molecule has 0 saturated carbocycles. The van der Waals surface area contributed by atoms with E-state index < -0.39 is 70.0 Å². The molecule has 1 N–H and O–H groups in total. The molecular formula is C21H15F12N. The lowest BCUT2D eigenvalue weighted by atomic mass is 9.81. The summed E-state index contributed by atoms with van der Waals surface area (Å²) in [6.07, 6.45) is -20.5. The standard InChI is InChI=1S/C21H15F12N/c22-18(23,24)12-4-10(5-13(8-12)19(25,26)27)17(16-2-1-3-34-16)11-6-14(20(28,29)30)9-15(7-11)21(31,32)33/h4-9,16-17,34H,1-3H2/t16-/m0/s1. The Balaban J connectivity index is 2.32. The summed E-state index contributed by atoms with van der Waals surface area (Å²) in [5.41, 5.74) is -8.28. The molecule has 0 aromatic heterocycles. The maximum atomic E-state index is 13.3. The van der Waals surface area contributed by atoms with E-state index in [2.05, 4.69) is 5.32 Å². The van der Waals surface area contributed by atoms with Gasteiger partial charge in [0.1, 0.15) is 0 Å². The van der Waals surface area contributed by atoms with Gasteiger partial charge in [-0.3, -0.25) is 0 Å². The summed E-state index contributed by atoms with van der Waals surface area (Å²) in [6, 6.07) is 0.00206. The van der Waals surface area contributed by atoms with Gasteiger partial charge in [0.15, 0.2) is 0 Å². The van der Waals surface area contributed by atoms with E-state index in [1.165, 1.54) is 0 Å². The summed E-state index contributed by atoms with van der Waals surface area (Å²) in [5, 5.41) is 2.76. The van der Waals surface area contributed by atoms with Crippen LogP contribution in [0, 0.1) is 0 Å². The van der Waals surface area contributed by atoms with Gasteiger partial charge in [0.05, 0.1) is 22.3 Å². The highest BCUT2D eigenvalue weighted by molar-refractivity contribution is 5.45. The first-order valence-corrected chi connectivity index (χ1v) is 9.69. The minimum absolute atomic E-state index is 0.111. The van der Waals surface area contributed by atoms with E-state index in [1.807, 2.05) is 0 Å². The summed E-state index contributed by atoms with van der Waals surface area (Å²) in [6.45, 7) is 0.233. The highest BCUT2D eigenvalue weighted by atomic mass is 19.4. The van der Waals surface area contributed by atoms with Crippen molar-refractivity contribution >= 4 is 0 Å². The molecule has 1 atom stereocenters. The maximum absolute atomic E-state index is 13.3. The third kappa shape index (κ3) is 5.78. The second kappa shape index (κ2) is 8.65. The van der Waals surface area contributed by atoms with Crippen LogP contribution < -0.4 is 5.32 Å². The quantitative estimate of drug-likeness (QED) is 0.420. The van der Waals surface area contributed by atoms with Gasteiger partial charge in [-0.1, -0.05) is 0 Å². The maximum Gasteiger partial charge on any atom is 0.416 e. The SMILES string of the molecule is FC(F)(F)c1cc(C(c2cc(C(F)(F)F)cc(C(F)(F)F)c2)[C@@H]2CCCN2)cc(C(F)(F)F)c1. The van der Waals surface area contributed by atoms with Crippen LogP contribution in [0.4, 0.5) is 52.7 Å². The summed E-state index contributed by atoms with van der Waals surface area (Å²) < 4.78 is 160. The van der Waals surface area contributed by atoms with Crippen molar-refractivity contribution in [3.63, 3.8) is 0 Å². The van der Waals surface area contributed by atoms with Crippen molar-refractivity contribution in [1.82, 2.24) is 5.32 Å². The zero-order valence-electron chi connectivity index (χ0n) is 16.8. The predicted octanol–water partition coefficient (Wildman–Crippen LogP) is 7.65. The minimum atomic E-state index is -5.24. The predicted molar refractivity (Wildman–Crippen MR) is 95.8 cm³/mol. The van der Waals surface area contributed by atoms with E-state index in [1.54, 1.807) is 0 Å². The van der Waals surface area contributed by atoms with Gasteiger partial charge in [0.25, 0.3) is 0 Å². The van der Waals surface area contributed by atoms with E-state index in [0.29, 0.717) is 30.7 Å². The molecule has 3 rings (SSSR count). The molecule has 34 heavy (non-hydrogen) atoms. The van der Waals surface area contributed by atoms with Crippen LogP contribution in [-0.2, 0) is 24.7 Å². The molecule has 1 aliphatic rings. The molecule has 0 spiro atoms. The number of alkyl halides is 12. The van der Waals surface area contributed by atoms with Gasteiger partial charge in [0, 0.05) is 12.0 Å². The Morgan fingerprint density at radius 3 is 1.12 bits per heavy atom. The molecule has 0 amide bonds. The molecule has 0 bridgehead atoms. The molecule has 0 unspecified atom stereocenters. The van der Waals surface area contributed by atoms with Crippen LogP contribution in [-0.4, -0.2) is 12.6 Å². The molecule has 1 saturated heterocycles. The average Bonchev–Trinajstić information content (AvgIpc) is 3.19. The zero-order chi connectivity index (χ0) is 25.7. The van der Waals surface area contributed by atoms with Crippen molar-refractivity contribution in [2.45, 2.75) is 49.5 Å². The zero-order valence-corrected chi connectivity index (χ0v) is 16.8. The third-order valence-corrected chi connectivity index (χ3v) is 5.44. The van der Waals surface area contributed by atoms with Gasteiger partial charge in [0.2, 0.25) is 0 Å².